The Balaban J connectivity index is 1.69. The van der Waals surface area contributed by atoms with Gasteiger partial charge in [-0.15, -0.1) is 0 Å². The monoisotopic (exact) mass is 399 g/mol. The van der Waals surface area contributed by atoms with Crippen molar-refractivity contribution < 1.29 is 23.9 Å². The van der Waals surface area contributed by atoms with Crippen LogP contribution in [0.2, 0.25) is 0 Å². The lowest BCUT2D eigenvalue weighted by Crippen LogP contribution is -2.46. The van der Waals surface area contributed by atoms with Crippen molar-refractivity contribution in [1.82, 2.24) is 5.32 Å². The van der Waals surface area contributed by atoms with Gasteiger partial charge >= 0.3 is 5.97 Å². The third-order valence-electron chi connectivity index (χ3n) is 6.12. The Morgan fingerprint density at radius 3 is 2.62 bits per heavy atom. The van der Waals surface area contributed by atoms with Crippen LogP contribution in [0.25, 0.3) is 0 Å². The number of ether oxygens (including phenoxy) is 2. The molecular weight excluding hydrogens is 370 g/mol. The number of carbonyl (C=O) groups is 3. The second-order valence-electron chi connectivity index (χ2n) is 7.89. The molecule has 5 atom stereocenters. The Kier molecular flexibility index (Phi) is 6.85. The van der Waals surface area contributed by atoms with Crippen LogP contribution in [0.1, 0.15) is 38.7 Å². The molecule has 1 aromatic carbocycles. The van der Waals surface area contributed by atoms with Crippen molar-refractivity contribution in [2.75, 3.05) is 7.11 Å². The first-order valence-electron chi connectivity index (χ1n) is 10.2. The Morgan fingerprint density at radius 2 is 1.97 bits per heavy atom. The number of hydrogen-bond acceptors (Lipinski definition) is 5. The van der Waals surface area contributed by atoms with Crippen LogP contribution in [-0.2, 0) is 30.5 Å². The van der Waals surface area contributed by atoms with E-state index < -0.39 is 12.0 Å². The first-order valence-corrected chi connectivity index (χ1v) is 10.2. The second kappa shape index (κ2) is 9.35. The van der Waals surface area contributed by atoms with Crippen LogP contribution in [0, 0.1) is 17.8 Å². The number of carbonyl (C=O) groups excluding carboxylic acids is 3. The molecule has 0 saturated heterocycles. The number of nitrogens with one attached hydrogen (secondary N) is 1. The van der Waals surface area contributed by atoms with E-state index in [0.717, 1.165) is 12.0 Å². The van der Waals surface area contributed by atoms with Crippen LogP contribution in [0.3, 0.4) is 0 Å². The van der Waals surface area contributed by atoms with Gasteiger partial charge in [-0.1, -0.05) is 50.6 Å². The molecule has 0 bridgehead atoms. The Labute approximate surface area is 171 Å². The first kappa shape index (κ1) is 21.2. The van der Waals surface area contributed by atoms with Gasteiger partial charge in [0.25, 0.3) is 0 Å². The molecule has 1 N–H and O–H groups in total. The number of amides is 1. The molecule has 1 fully saturated rings. The van der Waals surface area contributed by atoms with Crippen LogP contribution in [0.5, 0.6) is 0 Å². The van der Waals surface area contributed by atoms with E-state index in [-0.39, 0.29) is 42.2 Å². The summed E-state index contributed by atoms with van der Waals surface area (Å²) in [6, 6.07) is 8.70. The molecular formula is C23H29NO5. The standard InChI is InChI=1S/C23H29NO5/c1-4-14(2)21(23(27)29-13-15-8-6-5-7-9-15)24-22(26)17-12-19(28-3)20-16(17)10-11-18(20)25/h5-9,12,14,16,19-21H,4,10-11,13H2,1-3H3,(H,24,26)/t14-,16-,19+,20+,21-/m0/s1. The highest BCUT2D eigenvalue weighted by Gasteiger charge is 2.48. The van der Waals surface area contributed by atoms with Crippen LogP contribution in [0.4, 0.5) is 0 Å². The number of benzene rings is 1. The maximum absolute atomic E-state index is 13.0. The largest absolute Gasteiger partial charge is 0.459 e. The summed E-state index contributed by atoms with van der Waals surface area (Å²) >= 11 is 0. The zero-order chi connectivity index (χ0) is 21.0. The van der Waals surface area contributed by atoms with Gasteiger partial charge in [0.2, 0.25) is 5.91 Å². The molecule has 29 heavy (non-hydrogen) atoms. The molecule has 0 spiro atoms. The highest BCUT2D eigenvalue weighted by molar-refractivity contribution is 6.00. The van der Waals surface area contributed by atoms with Crippen molar-refractivity contribution in [3.63, 3.8) is 0 Å². The molecule has 2 aliphatic rings. The summed E-state index contributed by atoms with van der Waals surface area (Å²) in [5.41, 5.74) is 1.45. The summed E-state index contributed by atoms with van der Waals surface area (Å²) in [5, 5.41) is 2.87. The summed E-state index contributed by atoms with van der Waals surface area (Å²) in [6.45, 7) is 4.05. The molecule has 6 nitrogen and oxygen atoms in total. The smallest absolute Gasteiger partial charge is 0.329 e. The van der Waals surface area contributed by atoms with Gasteiger partial charge in [0, 0.05) is 25.0 Å². The third kappa shape index (κ3) is 4.58. The van der Waals surface area contributed by atoms with Gasteiger partial charge in [0.1, 0.15) is 18.4 Å². The number of ketones is 1. The number of methoxy groups -OCH3 is 1. The van der Waals surface area contributed by atoms with E-state index in [1.807, 2.05) is 44.2 Å². The first-order chi connectivity index (χ1) is 14.0. The van der Waals surface area contributed by atoms with Gasteiger partial charge < -0.3 is 14.8 Å². The molecule has 0 radical (unpaired) electrons. The van der Waals surface area contributed by atoms with Crippen molar-refractivity contribution in [3.05, 3.63) is 47.5 Å². The normalized spacial score (nSPS) is 25.1. The van der Waals surface area contributed by atoms with Crippen LogP contribution < -0.4 is 5.32 Å². The lowest BCUT2D eigenvalue weighted by atomic mass is 9.92. The lowest BCUT2D eigenvalue weighted by molar-refractivity contribution is -0.150. The minimum atomic E-state index is -0.741. The molecule has 1 aromatic rings. The molecule has 0 heterocycles. The lowest BCUT2D eigenvalue weighted by Gasteiger charge is -2.24. The fraction of sp³-hybridized carbons (Fsp3) is 0.522. The van der Waals surface area contributed by atoms with Gasteiger partial charge in [-0.3, -0.25) is 9.59 Å². The van der Waals surface area contributed by atoms with Gasteiger partial charge in [-0.2, -0.15) is 0 Å². The predicted octanol–water partition coefficient (Wildman–Crippen LogP) is 2.81. The number of rotatable bonds is 8. The van der Waals surface area contributed by atoms with E-state index >= 15 is 0 Å². The van der Waals surface area contributed by atoms with E-state index in [1.54, 1.807) is 13.2 Å². The van der Waals surface area contributed by atoms with Gasteiger partial charge in [-0.25, -0.2) is 4.79 Å². The molecule has 1 saturated carbocycles. The molecule has 0 aromatic heterocycles. The van der Waals surface area contributed by atoms with Crippen molar-refractivity contribution in [2.24, 2.45) is 17.8 Å². The molecule has 0 aliphatic heterocycles. The average molecular weight is 399 g/mol. The predicted molar refractivity (Wildman–Crippen MR) is 108 cm³/mol. The zero-order valence-corrected chi connectivity index (χ0v) is 17.2. The summed E-state index contributed by atoms with van der Waals surface area (Å²) in [6.07, 6.45) is 3.20. The van der Waals surface area contributed by atoms with E-state index in [9.17, 15) is 14.4 Å². The number of hydrogen-bond donors (Lipinski definition) is 1. The highest BCUT2D eigenvalue weighted by Crippen LogP contribution is 2.43. The van der Waals surface area contributed by atoms with Crippen LogP contribution >= 0.6 is 0 Å². The van der Waals surface area contributed by atoms with E-state index in [2.05, 4.69) is 5.32 Å². The minimum absolute atomic E-state index is 0.0801. The third-order valence-corrected chi connectivity index (χ3v) is 6.12. The van der Waals surface area contributed by atoms with Crippen molar-refractivity contribution in [3.8, 4) is 0 Å². The fourth-order valence-corrected chi connectivity index (χ4v) is 4.20. The quantitative estimate of drug-likeness (QED) is 0.680. The van der Waals surface area contributed by atoms with Crippen molar-refractivity contribution >= 4 is 17.7 Å². The van der Waals surface area contributed by atoms with Gasteiger partial charge in [-0.05, 0) is 24.0 Å². The molecule has 3 rings (SSSR count). The van der Waals surface area contributed by atoms with Crippen molar-refractivity contribution in [1.29, 1.82) is 0 Å². The summed E-state index contributed by atoms with van der Waals surface area (Å²) in [5.74, 6) is -1.11. The van der Waals surface area contributed by atoms with Crippen LogP contribution in [0.15, 0.2) is 42.0 Å². The summed E-state index contributed by atoms with van der Waals surface area (Å²) < 4.78 is 10.9. The fourth-order valence-electron chi connectivity index (χ4n) is 4.20. The molecule has 1 amide bonds. The highest BCUT2D eigenvalue weighted by atomic mass is 16.5. The molecule has 156 valence electrons. The van der Waals surface area contributed by atoms with E-state index in [0.29, 0.717) is 18.4 Å². The minimum Gasteiger partial charge on any atom is -0.459 e. The molecule has 2 aliphatic carbocycles. The Morgan fingerprint density at radius 1 is 1.24 bits per heavy atom. The number of esters is 1. The molecule has 0 unspecified atom stereocenters. The summed E-state index contributed by atoms with van der Waals surface area (Å²) in [7, 11) is 1.55. The van der Waals surface area contributed by atoms with E-state index in [1.165, 1.54) is 0 Å². The maximum Gasteiger partial charge on any atom is 0.329 e. The van der Waals surface area contributed by atoms with Gasteiger partial charge in [0.15, 0.2) is 0 Å². The number of Topliss-reactive ketones (excluding diaryl/α,β-unsaturated/α-hetero) is 1. The van der Waals surface area contributed by atoms with Crippen molar-refractivity contribution in [2.45, 2.75) is 51.9 Å². The summed E-state index contributed by atoms with van der Waals surface area (Å²) in [4.78, 5) is 37.9. The van der Waals surface area contributed by atoms with E-state index in [4.69, 9.17) is 9.47 Å². The zero-order valence-electron chi connectivity index (χ0n) is 17.2. The molecule has 6 heteroatoms. The van der Waals surface area contributed by atoms with Gasteiger partial charge in [0.05, 0.1) is 12.0 Å². The Hall–Kier alpha value is -2.47. The SMILES string of the molecule is CC[C@H](C)[C@H](NC(=O)C1=C[C@@H](OC)[C@H]2C(=O)CC[C@@H]12)C(=O)OCc1ccccc1. The average Bonchev–Trinajstić information content (AvgIpc) is 3.30. The second-order valence-corrected chi connectivity index (χ2v) is 7.89. The topological polar surface area (TPSA) is 81.7 Å². The number of fused-ring (bicyclic) bond motifs is 1. The Bertz CT molecular complexity index is 788. The maximum atomic E-state index is 13.0. The van der Waals surface area contributed by atoms with Crippen LogP contribution in [-0.4, -0.2) is 36.9 Å².